The van der Waals surface area contributed by atoms with Crippen LogP contribution in [0, 0.1) is 0 Å². The molecule has 0 aliphatic carbocycles. The molecule has 120 valence electrons. The van der Waals surface area contributed by atoms with E-state index in [1.165, 1.54) is 12.1 Å². The lowest BCUT2D eigenvalue weighted by molar-refractivity contribution is 0.0375. The van der Waals surface area contributed by atoms with Crippen molar-refractivity contribution in [2.45, 2.75) is 11.8 Å². The third-order valence-electron chi connectivity index (χ3n) is 2.60. The fourth-order valence-electron chi connectivity index (χ4n) is 1.58. The molecule has 0 spiro atoms. The van der Waals surface area contributed by atoms with Crippen LogP contribution in [0.4, 0.5) is 0 Å². The van der Waals surface area contributed by atoms with E-state index in [2.05, 4.69) is 0 Å². The first kappa shape index (κ1) is 17.9. The number of aliphatic hydroxyl groups excluding tert-OH is 1. The molecule has 0 saturated heterocycles. The molecule has 0 aromatic heterocycles. The number of benzene rings is 1. The lowest BCUT2D eigenvalue weighted by atomic mass is 10.3. The Labute approximate surface area is 125 Å². The minimum absolute atomic E-state index is 0.0356. The molecule has 1 rings (SSSR count). The molecule has 1 aromatic rings. The first-order valence-electron chi connectivity index (χ1n) is 6.82. The third-order valence-corrected chi connectivity index (χ3v) is 4.29. The van der Waals surface area contributed by atoms with E-state index in [4.69, 9.17) is 19.3 Å². The van der Waals surface area contributed by atoms with Gasteiger partial charge in [-0.2, -0.15) is 0 Å². The van der Waals surface area contributed by atoms with Crippen LogP contribution < -0.4 is 4.74 Å². The molecule has 0 saturated carbocycles. The van der Waals surface area contributed by atoms with Crippen molar-refractivity contribution >= 4 is 9.84 Å². The molecular formula is C14H22O6S. The number of rotatable bonds is 11. The van der Waals surface area contributed by atoms with Gasteiger partial charge in [-0.05, 0) is 31.2 Å². The van der Waals surface area contributed by atoms with E-state index in [0.29, 0.717) is 25.6 Å². The lowest BCUT2D eigenvalue weighted by Gasteiger charge is -2.07. The van der Waals surface area contributed by atoms with Gasteiger partial charge in [0, 0.05) is 0 Å². The Kier molecular flexibility index (Phi) is 8.29. The van der Waals surface area contributed by atoms with Crippen LogP contribution in [0.2, 0.25) is 0 Å². The SMILES string of the molecule is CCOc1ccc(S(=O)(=O)CCOCCOCCO)cc1. The quantitative estimate of drug-likeness (QED) is 0.610. The molecule has 21 heavy (non-hydrogen) atoms. The molecule has 0 bridgehead atoms. The molecule has 0 aliphatic rings. The summed E-state index contributed by atoms with van der Waals surface area (Å²) >= 11 is 0. The molecule has 0 amide bonds. The summed E-state index contributed by atoms with van der Waals surface area (Å²) in [5.41, 5.74) is 0. The van der Waals surface area contributed by atoms with Gasteiger partial charge in [-0.25, -0.2) is 8.42 Å². The second-order valence-corrected chi connectivity index (χ2v) is 6.28. The largest absolute Gasteiger partial charge is 0.494 e. The van der Waals surface area contributed by atoms with Gasteiger partial charge in [0.2, 0.25) is 0 Å². The molecule has 1 aromatic carbocycles. The Hall–Kier alpha value is -1.15. The van der Waals surface area contributed by atoms with E-state index in [9.17, 15) is 8.42 Å². The van der Waals surface area contributed by atoms with Crippen molar-refractivity contribution in [2.75, 3.05) is 45.4 Å². The highest BCUT2D eigenvalue weighted by Crippen LogP contribution is 2.17. The molecule has 0 atom stereocenters. The van der Waals surface area contributed by atoms with Crippen molar-refractivity contribution in [3.05, 3.63) is 24.3 Å². The summed E-state index contributed by atoms with van der Waals surface area (Å²) in [4.78, 5) is 0.256. The Morgan fingerprint density at radius 2 is 1.62 bits per heavy atom. The van der Waals surface area contributed by atoms with Crippen molar-refractivity contribution < 1.29 is 27.7 Å². The van der Waals surface area contributed by atoms with Crippen molar-refractivity contribution in [1.29, 1.82) is 0 Å². The topological polar surface area (TPSA) is 82.1 Å². The zero-order valence-corrected chi connectivity index (χ0v) is 13.0. The van der Waals surface area contributed by atoms with Gasteiger partial charge < -0.3 is 19.3 Å². The van der Waals surface area contributed by atoms with Crippen LogP contribution in [0.5, 0.6) is 5.75 Å². The van der Waals surface area contributed by atoms with Crippen LogP contribution in [0.1, 0.15) is 6.92 Å². The van der Waals surface area contributed by atoms with Crippen molar-refractivity contribution in [1.82, 2.24) is 0 Å². The van der Waals surface area contributed by atoms with Gasteiger partial charge in [0.1, 0.15) is 5.75 Å². The second-order valence-electron chi connectivity index (χ2n) is 4.17. The van der Waals surface area contributed by atoms with Crippen LogP contribution in [-0.2, 0) is 19.3 Å². The third kappa shape index (κ3) is 6.90. The van der Waals surface area contributed by atoms with Crippen LogP contribution in [0.15, 0.2) is 29.2 Å². The zero-order chi connectivity index (χ0) is 15.6. The summed E-state index contributed by atoms with van der Waals surface area (Å²) in [6.45, 7) is 3.38. The molecule has 0 aliphatic heterocycles. The van der Waals surface area contributed by atoms with E-state index in [0.717, 1.165) is 0 Å². The van der Waals surface area contributed by atoms with Gasteiger partial charge in [0.25, 0.3) is 0 Å². The lowest BCUT2D eigenvalue weighted by Crippen LogP contribution is -2.15. The van der Waals surface area contributed by atoms with Crippen LogP contribution in [0.25, 0.3) is 0 Å². The predicted octanol–water partition coefficient (Wildman–Crippen LogP) is 0.884. The molecule has 0 heterocycles. The van der Waals surface area contributed by atoms with E-state index < -0.39 is 9.84 Å². The molecule has 7 heteroatoms. The van der Waals surface area contributed by atoms with E-state index in [-0.39, 0.29) is 30.5 Å². The number of aliphatic hydroxyl groups is 1. The molecule has 6 nitrogen and oxygen atoms in total. The normalized spacial score (nSPS) is 11.5. The van der Waals surface area contributed by atoms with Gasteiger partial charge in [-0.1, -0.05) is 0 Å². The summed E-state index contributed by atoms with van der Waals surface area (Å²) in [7, 11) is -3.35. The summed E-state index contributed by atoms with van der Waals surface area (Å²) in [6, 6.07) is 6.34. The molecular weight excluding hydrogens is 296 g/mol. The van der Waals surface area contributed by atoms with E-state index >= 15 is 0 Å². The minimum Gasteiger partial charge on any atom is -0.494 e. The van der Waals surface area contributed by atoms with E-state index in [1.54, 1.807) is 12.1 Å². The van der Waals surface area contributed by atoms with Gasteiger partial charge in [0.05, 0.1) is 50.3 Å². The molecule has 0 unspecified atom stereocenters. The highest BCUT2D eigenvalue weighted by atomic mass is 32.2. The maximum atomic E-state index is 12.1. The van der Waals surface area contributed by atoms with Crippen molar-refractivity contribution in [2.24, 2.45) is 0 Å². The summed E-state index contributed by atoms with van der Waals surface area (Å²) in [5.74, 6) is 0.565. The number of hydrogen-bond acceptors (Lipinski definition) is 6. The van der Waals surface area contributed by atoms with Gasteiger partial charge >= 0.3 is 0 Å². The fourth-order valence-corrected chi connectivity index (χ4v) is 2.71. The van der Waals surface area contributed by atoms with Crippen LogP contribution in [0.3, 0.4) is 0 Å². The Morgan fingerprint density at radius 3 is 2.19 bits per heavy atom. The highest BCUT2D eigenvalue weighted by molar-refractivity contribution is 7.91. The summed E-state index contributed by atoms with van der Waals surface area (Å²) in [5, 5.41) is 8.50. The second kappa shape index (κ2) is 9.73. The average Bonchev–Trinajstić information content (AvgIpc) is 2.47. The Bertz CT molecular complexity index is 483. The Morgan fingerprint density at radius 1 is 1.00 bits per heavy atom. The van der Waals surface area contributed by atoms with Crippen molar-refractivity contribution in [3.63, 3.8) is 0 Å². The number of ether oxygens (including phenoxy) is 3. The number of hydrogen-bond donors (Lipinski definition) is 1. The minimum atomic E-state index is -3.35. The van der Waals surface area contributed by atoms with Crippen molar-refractivity contribution in [3.8, 4) is 5.75 Å². The first-order chi connectivity index (χ1) is 10.1. The maximum Gasteiger partial charge on any atom is 0.180 e. The summed E-state index contributed by atoms with van der Waals surface area (Å²) < 4.78 is 39.6. The average molecular weight is 318 g/mol. The Balaban J connectivity index is 2.35. The monoisotopic (exact) mass is 318 g/mol. The first-order valence-corrected chi connectivity index (χ1v) is 8.47. The smallest absolute Gasteiger partial charge is 0.180 e. The maximum absolute atomic E-state index is 12.1. The molecule has 0 radical (unpaired) electrons. The van der Waals surface area contributed by atoms with Crippen LogP contribution in [-0.4, -0.2) is 58.9 Å². The fraction of sp³-hybridized carbons (Fsp3) is 0.571. The van der Waals surface area contributed by atoms with E-state index in [1.807, 2.05) is 6.92 Å². The predicted molar refractivity (Wildman–Crippen MR) is 78.4 cm³/mol. The molecule has 1 N–H and O–H groups in total. The van der Waals surface area contributed by atoms with Crippen LogP contribution >= 0.6 is 0 Å². The van der Waals surface area contributed by atoms with Gasteiger partial charge in [-0.3, -0.25) is 0 Å². The number of sulfone groups is 1. The summed E-state index contributed by atoms with van der Waals surface area (Å²) in [6.07, 6.45) is 0. The molecule has 0 fully saturated rings. The zero-order valence-electron chi connectivity index (χ0n) is 12.2. The highest BCUT2D eigenvalue weighted by Gasteiger charge is 2.14. The standard InChI is InChI=1S/C14H22O6S/c1-2-20-13-3-5-14(6-4-13)21(16,17)12-11-19-10-9-18-8-7-15/h3-6,15H,2,7-12H2,1H3. The van der Waals surface area contributed by atoms with Gasteiger partial charge in [-0.15, -0.1) is 0 Å². The van der Waals surface area contributed by atoms with Gasteiger partial charge in [0.15, 0.2) is 9.84 Å².